The fraction of sp³-hybridized carbons (Fsp3) is 0.481. The third-order valence-corrected chi connectivity index (χ3v) is 6.94. The molecule has 9 heteroatoms. The molecule has 0 spiro atoms. The van der Waals surface area contributed by atoms with E-state index in [1.807, 2.05) is 39.8 Å². The highest BCUT2D eigenvalue weighted by Gasteiger charge is 2.29. The summed E-state index contributed by atoms with van der Waals surface area (Å²) in [6.45, 7) is 9.18. The minimum atomic E-state index is -3.57. The predicted molar refractivity (Wildman–Crippen MR) is 142 cm³/mol. The Bertz CT molecular complexity index is 1140. The standard InChI is InChI=1S/C27H38FN3O4S/c1-7-21-14-16-23(17-15-21)31(36(6,34)35)18-10-13-25(32)30(19-22-11-8-9-12-24(22)28)20(2)26(33)29-27(3,4)5/h8-9,11-12,14-17,20H,7,10,13,18-19H2,1-6H3,(H,29,33). The zero-order chi connectivity index (χ0) is 27.1. The van der Waals surface area contributed by atoms with Crippen molar-refractivity contribution >= 4 is 27.5 Å². The van der Waals surface area contributed by atoms with E-state index < -0.39 is 27.4 Å². The van der Waals surface area contributed by atoms with Crippen LogP contribution in [0.4, 0.5) is 10.1 Å². The van der Waals surface area contributed by atoms with Gasteiger partial charge in [-0.1, -0.05) is 37.3 Å². The second-order valence-electron chi connectivity index (χ2n) is 9.99. The van der Waals surface area contributed by atoms with Gasteiger partial charge in [-0.25, -0.2) is 12.8 Å². The van der Waals surface area contributed by atoms with Crippen molar-refractivity contribution in [1.82, 2.24) is 10.2 Å². The Morgan fingerprint density at radius 3 is 2.19 bits per heavy atom. The normalized spacial score (nSPS) is 12.6. The highest BCUT2D eigenvalue weighted by molar-refractivity contribution is 7.92. The molecule has 0 aliphatic carbocycles. The molecule has 1 unspecified atom stereocenters. The maximum Gasteiger partial charge on any atom is 0.242 e. The number of hydrogen-bond acceptors (Lipinski definition) is 4. The second kappa shape index (κ2) is 12.3. The molecule has 2 aromatic rings. The molecule has 0 saturated carbocycles. The summed E-state index contributed by atoms with van der Waals surface area (Å²) in [5.41, 5.74) is 1.42. The average molecular weight is 520 g/mol. The van der Waals surface area contributed by atoms with Crippen molar-refractivity contribution in [3.63, 3.8) is 0 Å². The van der Waals surface area contributed by atoms with Crippen LogP contribution in [0.15, 0.2) is 48.5 Å². The molecule has 0 aliphatic rings. The lowest BCUT2D eigenvalue weighted by Gasteiger charge is -2.32. The van der Waals surface area contributed by atoms with Crippen LogP contribution >= 0.6 is 0 Å². The summed E-state index contributed by atoms with van der Waals surface area (Å²) in [7, 11) is -3.57. The van der Waals surface area contributed by atoms with E-state index in [0.717, 1.165) is 18.2 Å². The molecule has 0 heterocycles. The smallest absolute Gasteiger partial charge is 0.242 e. The maximum atomic E-state index is 14.4. The van der Waals surface area contributed by atoms with Crippen molar-refractivity contribution < 1.29 is 22.4 Å². The summed E-state index contributed by atoms with van der Waals surface area (Å²) in [4.78, 5) is 27.5. The van der Waals surface area contributed by atoms with Gasteiger partial charge in [-0.15, -0.1) is 0 Å². The van der Waals surface area contributed by atoms with E-state index >= 15 is 0 Å². The molecule has 36 heavy (non-hydrogen) atoms. The molecule has 0 fully saturated rings. The molecular weight excluding hydrogens is 481 g/mol. The average Bonchev–Trinajstić information content (AvgIpc) is 2.79. The summed E-state index contributed by atoms with van der Waals surface area (Å²) >= 11 is 0. The van der Waals surface area contributed by atoms with E-state index in [1.54, 1.807) is 37.3 Å². The van der Waals surface area contributed by atoms with Crippen LogP contribution in [0.2, 0.25) is 0 Å². The number of carbonyl (C=O) groups is 2. The first-order chi connectivity index (χ1) is 16.7. The van der Waals surface area contributed by atoms with E-state index in [-0.39, 0.29) is 37.7 Å². The van der Waals surface area contributed by atoms with Gasteiger partial charge in [0.25, 0.3) is 0 Å². The van der Waals surface area contributed by atoms with Gasteiger partial charge in [-0.05, 0) is 64.3 Å². The summed E-state index contributed by atoms with van der Waals surface area (Å²) in [5, 5.41) is 2.87. The van der Waals surface area contributed by atoms with Gasteiger partial charge in [0, 0.05) is 30.6 Å². The molecule has 198 valence electrons. The predicted octanol–water partition coefficient (Wildman–Crippen LogP) is 4.27. The van der Waals surface area contributed by atoms with Crippen LogP contribution in [-0.4, -0.2) is 49.5 Å². The number of anilines is 1. The number of nitrogens with one attached hydrogen (secondary N) is 1. The van der Waals surface area contributed by atoms with Gasteiger partial charge in [0.15, 0.2) is 0 Å². The van der Waals surface area contributed by atoms with E-state index in [9.17, 15) is 22.4 Å². The third-order valence-electron chi connectivity index (χ3n) is 5.75. The van der Waals surface area contributed by atoms with Crippen LogP contribution in [0.25, 0.3) is 0 Å². The minimum absolute atomic E-state index is 0.000649. The molecule has 0 saturated heterocycles. The van der Waals surface area contributed by atoms with Crippen LogP contribution < -0.4 is 9.62 Å². The van der Waals surface area contributed by atoms with Gasteiger partial charge < -0.3 is 10.2 Å². The summed E-state index contributed by atoms with van der Waals surface area (Å²) in [5.74, 6) is -1.16. The van der Waals surface area contributed by atoms with Gasteiger partial charge in [0.05, 0.1) is 11.9 Å². The van der Waals surface area contributed by atoms with Crippen molar-refractivity contribution in [2.24, 2.45) is 0 Å². The van der Waals surface area contributed by atoms with Crippen molar-refractivity contribution in [2.45, 2.75) is 72.0 Å². The Kier molecular flexibility index (Phi) is 10.0. The third kappa shape index (κ3) is 8.62. The number of carbonyl (C=O) groups excluding carboxylic acids is 2. The summed E-state index contributed by atoms with van der Waals surface area (Å²) in [6, 6.07) is 12.6. The molecule has 7 nitrogen and oxygen atoms in total. The second-order valence-corrected chi connectivity index (χ2v) is 11.9. The number of halogens is 1. The van der Waals surface area contributed by atoms with Gasteiger partial charge >= 0.3 is 0 Å². The molecule has 1 atom stereocenters. The molecule has 1 N–H and O–H groups in total. The molecule has 0 radical (unpaired) electrons. The number of nitrogens with zero attached hydrogens (tertiary/aromatic N) is 2. The Labute approximate surface area is 214 Å². The highest BCUT2D eigenvalue weighted by Crippen LogP contribution is 2.20. The zero-order valence-electron chi connectivity index (χ0n) is 22.0. The van der Waals surface area contributed by atoms with Gasteiger partial charge in [0.1, 0.15) is 11.9 Å². The highest BCUT2D eigenvalue weighted by atomic mass is 32.2. The Morgan fingerprint density at radius 1 is 1.06 bits per heavy atom. The van der Waals surface area contributed by atoms with Crippen molar-refractivity contribution in [2.75, 3.05) is 17.1 Å². The Hall–Kier alpha value is -2.94. The maximum absolute atomic E-state index is 14.4. The first-order valence-corrected chi connectivity index (χ1v) is 14.0. The number of rotatable bonds is 11. The van der Waals surface area contributed by atoms with E-state index in [4.69, 9.17) is 0 Å². The molecule has 2 aromatic carbocycles. The van der Waals surface area contributed by atoms with E-state index in [0.29, 0.717) is 11.3 Å². The number of sulfonamides is 1. The van der Waals surface area contributed by atoms with Crippen LogP contribution in [0.5, 0.6) is 0 Å². The number of hydrogen-bond donors (Lipinski definition) is 1. The molecule has 0 aliphatic heterocycles. The van der Waals surface area contributed by atoms with Crippen molar-refractivity contribution in [1.29, 1.82) is 0 Å². The number of aryl methyl sites for hydroxylation is 1. The van der Waals surface area contributed by atoms with Crippen LogP contribution in [0.1, 0.15) is 58.6 Å². The van der Waals surface area contributed by atoms with E-state index in [1.165, 1.54) is 15.3 Å². The van der Waals surface area contributed by atoms with Crippen molar-refractivity contribution in [3.05, 3.63) is 65.5 Å². The molecule has 2 amide bonds. The lowest BCUT2D eigenvalue weighted by atomic mass is 10.1. The van der Waals surface area contributed by atoms with Crippen LogP contribution in [0, 0.1) is 5.82 Å². The Morgan fingerprint density at radius 2 is 1.67 bits per heavy atom. The zero-order valence-corrected chi connectivity index (χ0v) is 22.9. The first-order valence-electron chi connectivity index (χ1n) is 12.1. The molecule has 0 bridgehead atoms. The minimum Gasteiger partial charge on any atom is -0.350 e. The Balaban J connectivity index is 2.19. The SMILES string of the molecule is CCc1ccc(N(CCCC(=O)N(Cc2ccccc2F)C(C)C(=O)NC(C)(C)C)S(C)(=O)=O)cc1. The summed E-state index contributed by atoms with van der Waals surface area (Å²) < 4.78 is 40.5. The van der Waals surface area contributed by atoms with Crippen LogP contribution in [0.3, 0.4) is 0 Å². The topological polar surface area (TPSA) is 86.8 Å². The molecule has 0 aromatic heterocycles. The summed E-state index contributed by atoms with van der Waals surface area (Å²) in [6.07, 6.45) is 2.21. The first kappa shape index (κ1) is 29.3. The number of benzene rings is 2. The lowest BCUT2D eigenvalue weighted by Crippen LogP contribution is -2.52. The van der Waals surface area contributed by atoms with Crippen LogP contribution in [-0.2, 0) is 32.6 Å². The molecular formula is C27H38FN3O4S. The lowest BCUT2D eigenvalue weighted by molar-refractivity contribution is -0.141. The fourth-order valence-electron chi connectivity index (χ4n) is 3.77. The van der Waals surface area contributed by atoms with Gasteiger partial charge in [-0.3, -0.25) is 13.9 Å². The number of amides is 2. The fourth-order valence-corrected chi connectivity index (χ4v) is 4.73. The molecule has 2 rings (SSSR count). The van der Waals surface area contributed by atoms with Gasteiger partial charge in [0.2, 0.25) is 21.8 Å². The quantitative estimate of drug-likeness (QED) is 0.481. The largest absolute Gasteiger partial charge is 0.350 e. The van der Waals surface area contributed by atoms with Crippen molar-refractivity contribution in [3.8, 4) is 0 Å². The van der Waals surface area contributed by atoms with E-state index in [2.05, 4.69) is 5.32 Å². The monoisotopic (exact) mass is 519 g/mol. The van der Waals surface area contributed by atoms with Gasteiger partial charge in [-0.2, -0.15) is 0 Å².